The highest BCUT2D eigenvalue weighted by molar-refractivity contribution is 5.62. The van der Waals surface area contributed by atoms with Gasteiger partial charge in [0.2, 0.25) is 0 Å². The number of rotatable bonds is 5. The normalized spacial score (nSPS) is 11.3. The molecule has 0 saturated heterocycles. The van der Waals surface area contributed by atoms with Crippen LogP contribution in [0.1, 0.15) is 27.7 Å². The van der Waals surface area contributed by atoms with Gasteiger partial charge in [-0.1, -0.05) is 27.7 Å². The van der Waals surface area contributed by atoms with Gasteiger partial charge in [0, 0.05) is 13.1 Å². The Morgan fingerprint density at radius 1 is 1.27 bits per heavy atom. The molecule has 1 aromatic rings. The smallest absolute Gasteiger partial charge is 0.142 e. The molecule has 0 radical (unpaired) electrons. The largest absolute Gasteiger partial charge is 0.382 e. The molecule has 1 heterocycles. The summed E-state index contributed by atoms with van der Waals surface area (Å²) in [6.07, 6.45) is 1.81. The number of aromatic nitrogens is 2. The lowest BCUT2D eigenvalue weighted by atomic mass is 10.1. The van der Waals surface area contributed by atoms with E-state index in [0.29, 0.717) is 17.7 Å². The van der Waals surface area contributed by atoms with Gasteiger partial charge in [-0.3, -0.25) is 5.10 Å². The molecule has 1 aromatic heterocycles. The molecular weight excluding hydrogens is 188 g/mol. The number of nitrogens with two attached hydrogens (primary N) is 1. The van der Waals surface area contributed by atoms with E-state index in [9.17, 15) is 0 Å². The number of H-pyrrole nitrogens is 1. The van der Waals surface area contributed by atoms with Crippen molar-refractivity contribution in [3.05, 3.63) is 6.20 Å². The lowest BCUT2D eigenvalue weighted by Crippen LogP contribution is -2.31. The van der Waals surface area contributed by atoms with Crippen LogP contribution in [0.4, 0.5) is 11.5 Å². The average Bonchev–Trinajstić information content (AvgIpc) is 2.48. The summed E-state index contributed by atoms with van der Waals surface area (Å²) >= 11 is 0. The monoisotopic (exact) mass is 210 g/mol. The van der Waals surface area contributed by atoms with Gasteiger partial charge in [-0.25, -0.2) is 0 Å². The lowest BCUT2D eigenvalue weighted by molar-refractivity contribution is 0.553. The van der Waals surface area contributed by atoms with Crippen molar-refractivity contribution in [3.8, 4) is 0 Å². The first-order valence-electron chi connectivity index (χ1n) is 5.54. The molecule has 0 atom stereocenters. The molecule has 0 aliphatic carbocycles. The van der Waals surface area contributed by atoms with Crippen LogP contribution < -0.4 is 10.6 Å². The molecule has 1 rings (SSSR count). The molecule has 0 amide bonds. The number of nitrogen functional groups attached to an aromatic ring is 1. The van der Waals surface area contributed by atoms with Gasteiger partial charge in [0.25, 0.3) is 0 Å². The van der Waals surface area contributed by atoms with Crippen molar-refractivity contribution in [2.75, 3.05) is 23.7 Å². The van der Waals surface area contributed by atoms with E-state index in [1.165, 1.54) is 0 Å². The van der Waals surface area contributed by atoms with E-state index in [0.717, 1.165) is 18.8 Å². The molecule has 0 unspecified atom stereocenters. The summed E-state index contributed by atoms with van der Waals surface area (Å²) < 4.78 is 0. The predicted octanol–water partition coefficient (Wildman–Crippen LogP) is 2.11. The van der Waals surface area contributed by atoms with E-state index >= 15 is 0 Å². The Balaban J connectivity index is 2.76. The quantitative estimate of drug-likeness (QED) is 0.782. The van der Waals surface area contributed by atoms with E-state index in [4.69, 9.17) is 5.73 Å². The average molecular weight is 210 g/mol. The summed E-state index contributed by atoms with van der Waals surface area (Å²) in [7, 11) is 0. The second-order valence-electron chi connectivity index (χ2n) is 4.86. The summed E-state index contributed by atoms with van der Waals surface area (Å²) in [6, 6.07) is 0. The molecule has 4 heteroatoms. The van der Waals surface area contributed by atoms with Gasteiger partial charge in [-0.15, -0.1) is 0 Å². The third-order valence-corrected chi connectivity index (χ3v) is 2.16. The van der Waals surface area contributed by atoms with Crippen molar-refractivity contribution in [2.24, 2.45) is 11.8 Å². The highest BCUT2D eigenvalue weighted by atomic mass is 15.2. The SMILES string of the molecule is CC(C)CN(CC(C)C)c1cn[nH]c1N. The number of nitrogens with zero attached hydrogens (tertiary/aromatic N) is 2. The molecule has 86 valence electrons. The first kappa shape index (κ1) is 11.9. The van der Waals surface area contributed by atoms with E-state index in [1.54, 1.807) is 6.20 Å². The van der Waals surface area contributed by atoms with Gasteiger partial charge < -0.3 is 10.6 Å². The molecule has 0 fully saturated rings. The molecule has 0 aliphatic rings. The minimum atomic E-state index is 0.623. The zero-order chi connectivity index (χ0) is 11.4. The van der Waals surface area contributed by atoms with Crippen LogP contribution in [0.5, 0.6) is 0 Å². The van der Waals surface area contributed by atoms with Crippen LogP contribution in [-0.2, 0) is 0 Å². The maximum Gasteiger partial charge on any atom is 0.142 e. The molecule has 0 bridgehead atoms. The van der Waals surface area contributed by atoms with E-state index in [-0.39, 0.29) is 0 Å². The molecule has 15 heavy (non-hydrogen) atoms. The summed E-state index contributed by atoms with van der Waals surface area (Å²) in [5.74, 6) is 1.91. The van der Waals surface area contributed by atoms with E-state index < -0.39 is 0 Å². The fourth-order valence-corrected chi connectivity index (χ4v) is 1.69. The minimum absolute atomic E-state index is 0.623. The Labute approximate surface area is 91.8 Å². The molecule has 4 nitrogen and oxygen atoms in total. The second kappa shape index (κ2) is 5.05. The Hall–Kier alpha value is -1.19. The van der Waals surface area contributed by atoms with Crippen LogP contribution >= 0.6 is 0 Å². The van der Waals surface area contributed by atoms with Crippen LogP contribution in [0.25, 0.3) is 0 Å². The molecule has 0 spiro atoms. The van der Waals surface area contributed by atoms with Crippen LogP contribution in [-0.4, -0.2) is 23.3 Å². The summed E-state index contributed by atoms with van der Waals surface area (Å²) in [5.41, 5.74) is 6.86. The van der Waals surface area contributed by atoms with Crippen molar-refractivity contribution < 1.29 is 0 Å². The Morgan fingerprint density at radius 2 is 1.80 bits per heavy atom. The van der Waals surface area contributed by atoms with Crippen LogP contribution in [0, 0.1) is 11.8 Å². The molecular formula is C11H22N4. The van der Waals surface area contributed by atoms with Crippen LogP contribution in [0.3, 0.4) is 0 Å². The van der Waals surface area contributed by atoms with Gasteiger partial charge in [-0.2, -0.15) is 5.10 Å². The third kappa shape index (κ3) is 3.46. The van der Waals surface area contributed by atoms with Crippen LogP contribution in [0.2, 0.25) is 0 Å². The molecule has 3 N–H and O–H groups in total. The predicted molar refractivity (Wildman–Crippen MR) is 64.9 cm³/mol. The third-order valence-electron chi connectivity index (χ3n) is 2.16. The summed E-state index contributed by atoms with van der Waals surface area (Å²) in [6.45, 7) is 10.9. The van der Waals surface area contributed by atoms with Crippen LogP contribution in [0.15, 0.2) is 6.20 Å². The number of nitrogens with one attached hydrogen (secondary N) is 1. The van der Waals surface area contributed by atoms with E-state index in [2.05, 4.69) is 42.8 Å². The topological polar surface area (TPSA) is 57.9 Å². The highest BCUT2D eigenvalue weighted by Gasteiger charge is 2.14. The first-order chi connectivity index (χ1) is 7.00. The number of aromatic amines is 1. The van der Waals surface area contributed by atoms with Gasteiger partial charge in [0.05, 0.1) is 11.9 Å². The van der Waals surface area contributed by atoms with Gasteiger partial charge in [0.15, 0.2) is 0 Å². The molecule has 0 aromatic carbocycles. The summed E-state index contributed by atoms with van der Waals surface area (Å²) in [5, 5.41) is 6.75. The minimum Gasteiger partial charge on any atom is -0.382 e. The Bertz CT molecular complexity index is 281. The Kier molecular flexibility index (Phi) is 4.00. The van der Waals surface area contributed by atoms with Crippen molar-refractivity contribution in [1.82, 2.24) is 10.2 Å². The lowest BCUT2D eigenvalue weighted by Gasteiger charge is -2.27. The highest BCUT2D eigenvalue weighted by Crippen LogP contribution is 2.21. The molecule has 0 aliphatic heterocycles. The van der Waals surface area contributed by atoms with Gasteiger partial charge >= 0.3 is 0 Å². The number of hydrogen-bond donors (Lipinski definition) is 2. The Morgan fingerprint density at radius 3 is 2.13 bits per heavy atom. The number of hydrogen-bond acceptors (Lipinski definition) is 3. The zero-order valence-corrected chi connectivity index (χ0v) is 10.1. The van der Waals surface area contributed by atoms with Crippen molar-refractivity contribution in [1.29, 1.82) is 0 Å². The van der Waals surface area contributed by atoms with Gasteiger partial charge in [0.1, 0.15) is 5.82 Å². The maximum atomic E-state index is 5.83. The van der Waals surface area contributed by atoms with Gasteiger partial charge in [-0.05, 0) is 11.8 Å². The molecule has 0 saturated carbocycles. The fraction of sp³-hybridized carbons (Fsp3) is 0.727. The standard InChI is InChI=1S/C11H22N4/c1-8(2)6-15(7-9(3)4)10-5-13-14-11(10)12/h5,8-9H,6-7H2,1-4H3,(H3,12,13,14). The van der Waals surface area contributed by atoms with Crippen molar-refractivity contribution >= 4 is 11.5 Å². The maximum absolute atomic E-state index is 5.83. The van der Waals surface area contributed by atoms with E-state index in [1.807, 2.05) is 0 Å². The van der Waals surface area contributed by atoms with Crippen molar-refractivity contribution in [2.45, 2.75) is 27.7 Å². The summed E-state index contributed by atoms with van der Waals surface area (Å²) in [4.78, 5) is 2.30. The zero-order valence-electron chi connectivity index (χ0n) is 10.1. The fourth-order valence-electron chi connectivity index (χ4n) is 1.69. The number of anilines is 2. The second-order valence-corrected chi connectivity index (χ2v) is 4.86. The first-order valence-corrected chi connectivity index (χ1v) is 5.54. The van der Waals surface area contributed by atoms with Crippen molar-refractivity contribution in [3.63, 3.8) is 0 Å².